The Morgan fingerprint density at radius 3 is 2.62 bits per heavy atom. The van der Waals surface area contributed by atoms with Crippen LogP contribution in [-0.4, -0.2) is 46.2 Å². The molecular formula is C19H21N5OS. The average Bonchev–Trinajstić information content (AvgIpc) is 3.21. The van der Waals surface area contributed by atoms with Crippen molar-refractivity contribution >= 4 is 17.6 Å². The summed E-state index contributed by atoms with van der Waals surface area (Å²) in [5, 5.41) is 4.96. The number of thioether (sulfide) groups is 1. The number of aromatic nitrogens is 3. The predicted molar refractivity (Wildman–Crippen MR) is 102 cm³/mol. The van der Waals surface area contributed by atoms with Gasteiger partial charge < -0.3 is 9.42 Å². The van der Waals surface area contributed by atoms with Crippen molar-refractivity contribution in [2.75, 3.05) is 31.1 Å². The van der Waals surface area contributed by atoms with E-state index in [1.54, 1.807) is 18.0 Å². The maximum Gasteiger partial charge on any atom is 0.148 e. The summed E-state index contributed by atoms with van der Waals surface area (Å²) in [5.41, 5.74) is 2.28. The molecule has 4 rings (SSSR count). The third kappa shape index (κ3) is 4.42. The van der Waals surface area contributed by atoms with Crippen molar-refractivity contribution in [3.8, 4) is 0 Å². The fourth-order valence-corrected chi connectivity index (χ4v) is 3.78. The summed E-state index contributed by atoms with van der Waals surface area (Å²) in [6, 6.07) is 12.4. The molecule has 1 aliphatic rings. The molecule has 1 fully saturated rings. The number of benzene rings is 1. The summed E-state index contributed by atoms with van der Waals surface area (Å²) in [6.07, 6.45) is 5.33. The molecule has 26 heavy (non-hydrogen) atoms. The minimum atomic E-state index is 0.836. The first-order valence-electron chi connectivity index (χ1n) is 8.72. The van der Waals surface area contributed by atoms with Gasteiger partial charge >= 0.3 is 0 Å². The van der Waals surface area contributed by atoms with Crippen molar-refractivity contribution in [3.05, 3.63) is 66.3 Å². The maximum absolute atomic E-state index is 4.91. The minimum Gasteiger partial charge on any atom is -0.364 e. The zero-order valence-electron chi connectivity index (χ0n) is 14.5. The van der Waals surface area contributed by atoms with Gasteiger partial charge in [0.1, 0.15) is 17.1 Å². The SMILES string of the molecule is c1ccc(CSc2cncc(N3CCN(Cc4ccon4)CC3)n2)cc1. The summed E-state index contributed by atoms with van der Waals surface area (Å²) in [6.45, 7) is 4.69. The Morgan fingerprint density at radius 2 is 1.85 bits per heavy atom. The van der Waals surface area contributed by atoms with Crippen LogP contribution in [-0.2, 0) is 12.3 Å². The molecule has 0 aliphatic carbocycles. The van der Waals surface area contributed by atoms with Crippen molar-refractivity contribution in [2.24, 2.45) is 0 Å². The molecule has 0 radical (unpaired) electrons. The highest BCUT2D eigenvalue weighted by Crippen LogP contribution is 2.23. The highest BCUT2D eigenvalue weighted by atomic mass is 32.2. The van der Waals surface area contributed by atoms with Gasteiger partial charge in [-0.2, -0.15) is 0 Å². The molecule has 3 heterocycles. The number of anilines is 1. The molecule has 0 unspecified atom stereocenters. The molecule has 3 aromatic rings. The summed E-state index contributed by atoms with van der Waals surface area (Å²) in [5.74, 6) is 1.87. The molecule has 0 bridgehead atoms. The van der Waals surface area contributed by atoms with Crippen molar-refractivity contribution in [1.29, 1.82) is 0 Å². The van der Waals surface area contributed by atoms with E-state index in [1.165, 1.54) is 5.56 Å². The van der Waals surface area contributed by atoms with Gasteiger partial charge in [0.15, 0.2) is 0 Å². The van der Waals surface area contributed by atoms with Gasteiger partial charge in [0.05, 0.1) is 18.1 Å². The number of nitrogens with zero attached hydrogens (tertiary/aromatic N) is 5. The lowest BCUT2D eigenvalue weighted by Gasteiger charge is -2.34. The van der Waals surface area contributed by atoms with Gasteiger partial charge in [-0.1, -0.05) is 35.5 Å². The van der Waals surface area contributed by atoms with Gasteiger partial charge in [-0.05, 0) is 5.56 Å². The monoisotopic (exact) mass is 367 g/mol. The van der Waals surface area contributed by atoms with Crippen molar-refractivity contribution in [2.45, 2.75) is 17.3 Å². The van der Waals surface area contributed by atoms with Gasteiger partial charge in [0, 0.05) is 44.5 Å². The lowest BCUT2D eigenvalue weighted by Crippen LogP contribution is -2.46. The van der Waals surface area contributed by atoms with Crippen LogP contribution in [0.5, 0.6) is 0 Å². The Morgan fingerprint density at radius 1 is 1.00 bits per heavy atom. The van der Waals surface area contributed by atoms with E-state index in [2.05, 4.69) is 44.2 Å². The number of hydrogen-bond donors (Lipinski definition) is 0. The second kappa shape index (κ2) is 8.33. The van der Waals surface area contributed by atoms with E-state index in [0.717, 1.165) is 55.0 Å². The quantitative estimate of drug-likeness (QED) is 0.621. The van der Waals surface area contributed by atoms with E-state index in [-0.39, 0.29) is 0 Å². The number of rotatable bonds is 6. The Hall–Kier alpha value is -2.38. The largest absolute Gasteiger partial charge is 0.364 e. The first-order valence-corrected chi connectivity index (χ1v) is 9.71. The van der Waals surface area contributed by atoms with Crippen LogP contribution < -0.4 is 4.90 Å². The molecule has 0 N–H and O–H groups in total. The average molecular weight is 367 g/mol. The molecule has 1 aliphatic heterocycles. The fourth-order valence-electron chi connectivity index (χ4n) is 2.98. The van der Waals surface area contributed by atoms with Crippen molar-refractivity contribution in [1.82, 2.24) is 20.0 Å². The van der Waals surface area contributed by atoms with Gasteiger partial charge in [0.25, 0.3) is 0 Å². The Labute approximate surface area is 157 Å². The van der Waals surface area contributed by atoms with Crippen LogP contribution in [0.1, 0.15) is 11.3 Å². The Balaban J connectivity index is 1.32. The molecule has 134 valence electrons. The van der Waals surface area contributed by atoms with Crippen LogP contribution in [0.25, 0.3) is 0 Å². The Kier molecular flexibility index (Phi) is 5.47. The molecule has 0 spiro atoms. The fraction of sp³-hybridized carbons (Fsp3) is 0.316. The normalized spacial score (nSPS) is 15.3. The molecule has 7 heteroatoms. The second-order valence-corrected chi connectivity index (χ2v) is 7.24. The maximum atomic E-state index is 4.91. The first kappa shape index (κ1) is 17.1. The third-order valence-electron chi connectivity index (χ3n) is 4.40. The summed E-state index contributed by atoms with van der Waals surface area (Å²) >= 11 is 1.73. The lowest BCUT2D eigenvalue weighted by atomic mass is 10.2. The van der Waals surface area contributed by atoms with Gasteiger partial charge in [-0.15, -0.1) is 11.8 Å². The molecule has 0 amide bonds. The van der Waals surface area contributed by atoms with E-state index in [0.29, 0.717) is 0 Å². The van der Waals surface area contributed by atoms with Crippen LogP contribution in [0, 0.1) is 0 Å². The van der Waals surface area contributed by atoms with Crippen LogP contribution in [0.2, 0.25) is 0 Å². The van der Waals surface area contributed by atoms with Gasteiger partial charge in [-0.25, -0.2) is 4.98 Å². The van der Waals surface area contributed by atoms with Crippen molar-refractivity contribution in [3.63, 3.8) is 0 Å². The van der Waals surface area contributed by atoms with E-state index in [1.807, 2.05) is 24.5 Å². The first-order chi connectivity index (χ1) is 12.9. The molecular weight excluding hydrogens is 346 g/mol. The number of piperazine rings is 1. The van der Waals surface area contributed by atoms with Crippen molar-refractivity contribution < 1.29 is 4.52 Å². The highest BCUT2D eigenvalue weighted by molar-refractivity contribution is 7.98. The smallest absolute Gasteiger partial charge is 0.148 e. The zero-order valence-corrected chi connectivity index (χ0v) is 15.3. The van der Waals surface area contributed by atoms with E-state index in [9.17, 15) is 0 Å². The molecule has 0 saturated carbocycles. The number of hydrogen-bond acceptors (Lipinski definition) is 7. The van der Waals surface area contributed by atoms with Crippen LogP contribution in [0.3, 0.4) is 0 Å². The molecule has 1 saturated heterocycles. The summed E-state index contributed by atoms with van der Waals surface area (Å²) < 4.78 is 4.91. The lowest BCUT2D eigenvalue weighted by molar-refractivity contribution is 0.241. The highest BCUT2D eigenvalue weighted by Gasteiger charge is 2.19. The summed E-state index contributed by atoms with van der Waals surface area (Å²) in [7, 11) is 0. The van der Waals surface area contributed by atoms with E-state index in [4.69, 9.17) is 9.51 Å². The van der Waals surface area contributed by atoms with E-state index >= 15 is 0 Å². The molecule has 6 nitrogen and oxygen atoms in total. The minimum absolute atomic E-state index is 0.836. The molecule has 1 aromatic carbocycles. The standard InChI is InChI=1S/C19H21N5OS/c1-2-4-16(5-3-1)15-26-19-13-20-12-18(21-19)24-9-7-23(8-10-24)14-17-6-11-25-22-17/h1-6,11-13H,7-10,14-15H2. The second-order valence-electron chi connectivity index (χ2n) is 6.24. The molecule has 0 atom stereocenters. The van der Waals surface area contributed by atoms with Crippen LogP contribution in [0.15, 0.2) is 64.6 Å². The van der Waals surface area contributed by atoms with Crippen LogP contribution >= 0.6 is 11.8 Å². The zero-order chi connectivity index (χ0) is 17.6. The van der Waals surface area contributed by atoms with Gasteiger partial charge in [0.2, 0.25) is 0 Å². The summed E-state index contributed by atoms with van der Waals surface area (Å²) in [4.78, 5) is 13.9. The van der Waals surface area contributed by atoms with Crippen LogP contribution in [0.4, 0.5) is 5.82 Å². The Bertz CT molecular complexity index is 804. The van der Waals surface area contributed by atoms with E-state index < -0.39 is 0 Å². The third-order valence-corrected chi connectivity index (χ3v) is 5.37. The molecule has 2 aromatic heterocycles. The van der Waals surface area contributed by atoms with Gasteiger partial charge in [-0.3, -0.25) is 9.88 Å². The predicted octanol–water partition coefficient (Wildman–Crippen LogP) is 3.08. The topological polar surface area (TPSA) is 58.3 Å².